The van der Waals surface area contributed by atoms with E-state index in [1.165, 1.54) is 52.8 Å². The maximum atomic E-state index is 7.09. The van der Waals surface area contributed by atoms with Crippen molar-refractivity contribution >= 4 is 92.1 Å². The highest BCUT2D eigenvalue weighted by Gasteiger charge is 2.25. The van der Waals surface area contributed by atoms with Gasteiger partial charge in [-0.25, -0.2) is 0 Å². The first-order valence-electron chi connectivity index (χ1n) is 18.0. The Morgan fingerprint density at radius 3 is 1.81 bits per heavy atom. The van der Waals surface area contributed by atoms with Gasteiger partial charge in [0.2, 0.25) is 0 Å². The molecule has 11 rings (SSSR count). The standard InChI is InChI=1S/C50H31NOS/c1-2-14-33(15-3-1)35-22-11-24-40-41-25-12-27-45(50(41)52-49(35)40)51(44-26-13-29-47-48(44)42-21-8-9-28-46(42)53-47)43-31-30-38(37-19-6-7-20-39(37)43)36-23-10-17-32-16-4-5-18-34(32)36/h1-31H. The zero-order valence-corrected chi connectivity index (χ0v) is 29.5. The highest BCUT2D eigenvalue weighted by molar-refractivity contribution is 7.26. The molecule has 0 amide bonds. The van der Waals surface area contributed by atoms with Crippen LogP contribution in [-0.4, -0.2) is 0 Å². The Hall–Kier alpha value is -6.68. The van der Waals surface area contributed by atoms with Crippen molar-refractivity contribution < 1.29 is 4.42 Å². The summed E-state index contributed by atoms with van der Waals surface area (Å²) in [6.07, 6.45) is 0. The number of nitrogens with zero attached hydrogens (tertiary/aromatic N) is 1. The Morgan fingerprint density at radius 2 is 0.925 bits per heavy atom. The number of thiophene rings is 1. The van der Waals surface area contributed by atoms with Crippen LogP contribution in [0.1, 0.15) is 0 Å². The molecule has 11 aromatic rings. The minimum atomic E-state index is 0.865. The van der Waals surface area contributed by atoms with Crippen molar-refractivity contribution in [3.63, 3.8) is 0 Å². The van der Waals surface area contributed by atoms with Crippen molar-refractivity contribution in [2.24, 2.45) is 0 Å². The van der Waals surface area contributed by atoms with E-state index in [4.69, 9.17) is 4.42 Å². The van der Waals surface area contributed by atoms with Crippen molar-refractivity contribution in [3.05, 3.63) is 188 Å². The molecule has 0 aliphatic carbocycles. The van der Waals surface area contributed by atoms with Gasteiger partial charge in [-0.2, -0.15) is 0 Å². The Labute approximate surface area is 310 Å². The average Bonchev–Trinajstić information content (AvgIpc) is 3.81. The van der Waals surface area contributed by atoms with Crippen LogP contribution < -0.4 is 4.90 Å². The molecular formula is C50H31NOS. The highest BCUT2D eigenvalue weighted by atomic mass is 32.1. The smallest absolute Gasteiger partial charge is 0.159 e. The summed E-state index contributed by atoms with van der Waals surface area (Å²) < 4.78 is 9.62. The fourth-order valence-corrected chi connectivity index (χ4v) is 9.46. The van der Waals surface area contributed by atoms with E-state index in [0.29, 0.717) is 0 Å². The summed E-state index contributed by atoms with van der Waals surface area (Å²) in [4.78, 5) is 2.45. The molecule has 0 saturated carbocycles. The van der Waals surface area contributed by atoms with Crippen LogP contribution in [0.4, 0.5) is 17.1 Å². The van der Waals surface area contributed by atoms with Crippen LogP contribution >= 0.6 is 11.3 Å². The molecule has 248 valence electrons. The van der Waals surface area contributed by atoms with Gasteiger partial charge >= 0.3 is 0 Å². The fourth-order valence-electron chi connectivity index (χ4n) is 8.33. The molecule has 0 spiro atoms. The molecule has 2 aromatic heterocycles. The van der Waals surface area contributed by atoms with Gasteiger partial charge in [0.1, 0.15) is 5.58 Å². The number of hydrogen-bond acceptors (Lipinski definition) is 3. The van der Waals surface area contributed by atoms with Crippen LogP contribution in [0.3, 0.4) is 0 Å². The second-order valence-electron chi connectivity index (χ2n) is 13.6. The summed E-state index contributed by atoms with van der Waals surface area (Å²) in [5, 5.41) is 9.58. The lowest BCUT2D eigenvalue weighted by Gasteiger charge is -2.28. The van der Waals surface area contributed by atoms with Gasteiger partial charge in [0, 0.05) is 41.9 Å². The lowest BCUT2D eigenvalue weighted by molar-refractivity contribution is 0.670. The SMILES string of the molecule is c1ccc(-c2cccc3c2oc2c(N(c4ccc(-c5cccc6ccccc56)c5ccccc45)c4cccc5sc6ccccc6c45)cccc23)cc1. The van der Waals surface area contributed by atoms with Crippen molar-refractivity contribution in [2.45, 2.75) is 0 Å². The molecule has 53 heavy (non-hydrogen) atoms. The van der Waals surface area contributed by atoms with Crippen molar-refractivity contribution in [1.82, 2.24) is 0 Å². The third-order valence-corrected chi connectivity index (χ3v) is 11.8. The topological polar surface area (TPSA) is 16.4 Å². The predicted molar refractivity (Wildman–Crippen MR) is 227 cm³/mol. The summed E-state index contributed by atoms with van der Waals surface area (Å²) in [7, 11) is 0. The lowest BCUT2D eigenvalue weighted by Crippen LogP contribution is -2.11. The van der Waals surface area contributed by atoms with Gasteiger partial charge in [0.25, 0.3) is 0 Å². The van der Waals surface area contributed by atoms with E-state index in [1.807, 2.05) is 11.3 Å². The fraction of sp³-hybridized carbons (Fsp3) is 0. The molecule has 0 saturated heterocycles. The third-order valence-electron chi connectivity index (χ3n) is 10.7. The molecule has 0 aliphatic rings. The molecule has 0 aliphatic heterocycles. The van der Waals surface area contributed by atoms with Gasteiger partial charge in [-0.1, -0.05) is 158 Å². The van der Waals surface area contributed by atoms with Crippen molar-refractivity contribution in [3.8, 4) is 22.3 Å². The van der Waals surface area contributed by atoms with Crippen LogP contribution in [0.5, 0.6) is 0 Å². The monoisotopic (exact) mass is 693 g/mol. The van der Waals surface area contributed by atoms with E-state index in [1.54, 1.807) is 0 Å². The summed E-state index contributed by atoms with van der Waals surface area (Å²) in [6.45, 7) is 0. The molecule has 0 fully saturated rings. The van der Waals surface area contributed by atoms with Crippen molar-refractivity contribution in [2.75, 3.05) is 4.90 Å². The second kappa shape index (κ2) is 11.9. The molecule has 0 N–H and O–H groups in total. The molecule has 9 aromatic carbocycles. The van der Waals surface area contributed by atoms with Crippen LogP contribution in [0, 0.1) is 0 Å². The zero-order chi connectivity index (χ0) is 34.9. The first kappa shape index (κ1) is 30.0. The zero-order valence-electron chi connectivity index (χ0n) is 28.7. The molecule has 3 heteroatoms. The average molecular weight is 694 g/mol. The molecule has 0 unspecified atom stereocenters. The van der Waals surface area contributed by atoms with E-state index in [2.05, 4.69) is 193 Å². The second-order valence-corrected chi connectivity index (χ2v) is 14.7. The van der Waals surface area contributed by atoms with Crippen LogP contribution in [0.25, 0.3) is 85.9 Å². The van der Waals surface area contributed by atoms with Crippen LogP contribution in [-0.2, 0) is 0 Å². The largest absolute Gasteiger partial charge is 0.453 e. The van der Waals surface area contributed by atoms with Crippen LogP contribution in [0.2, 0.25) is 0 Å². The minimum absolute atomic E-state index is 0.865. The van der Waals surface area contributed by atoms with Gasteiger partial charge in [-0.3, -0.25) is 0 Å². The third kappa shape index (κ3) is 4.64. The predicted octanol–water partition coefficient (Wildman–Crippen LogP) is 15.1. The molecule has 0 radical (unpaired) electrons. The molecule has 2 heterocycles. The summed E-state index contributed by atoms with van der Waals surface area (Å²) in [5.41, 5.74) is 9.67. The maximum Gasteiger partial charge on any atom is 0.159 e. The van der Waals surface area contributed by atoms with Crippen molar-refractivity contribution in [1.29, 1.82) is 0 Å². The van der Waals surface area contributed by atoms with E-state index < -0.39 is 0 Å². The van der Waals surface area contributed by atoms with Gasteiger partial charge in [0.05, 0.1) is 17.1 Å². The van der Waals surface area contributed by atoms with Crippen LogP contribution in [0.15, 0.2) is 192 Å². The summed E-state index contributed by atoms with van der Waals surface area (Å²) >= 11 is 1.84. The number of anilines is 3. The number of benzene rings is 9. The number of hydrogen-bond donors (Lipinski definition) is 0. The van der Waals surface area contributed by atoms with E-state index >= 15 is 0 Å². The van der Waals surface area contributed by atoms with Gasteiger partial charge < -0.3 is 9.32 Å². The van der Waals surface area contributed by atoms with E-state index in [0.717, 1.165) is 50.1 Å². The molecular weight excluding hydrogens is 663 g/mol. The number of furan rings is 1. The van der Waals surface area contributed by atoms with E-state index in [9.17, 15) is 0 Å². The number of rotatable bonds is 5. The van der Waals surface area contributed by atoms with Gasteiger partial charge in [0.15, 0.2) is 5.58 Å². The molecule has 0 atom stereocenters. The Kier molecular flexibility index (Phi) is 6.76. The van der Waals surface area contributed by atoms with Gasteiger partial charge in [-0.05, 0) is 63.2 Å². The van der Waals surface area contributed by atoms with E-state index in [-0.39, 0.29) is 0 Å². The molecule has 2 nitrogen and oxygen atoms in total. The van der Waals surface area contributed by atoms with Gasteiger partial charge in [-0.15, -0.1) is 11.3 Å². The maximum absolute atomic E-state index is 7.09. The summed E-state index contributed by atoms with van der Waals surface area (Å²) in [6, 6.07) is 67.8. The lowest BCUT2D eigenvalue weighted by atomic mass is 9.92. The number of para-hydroxylation sites is 2. The Balaban J connectivity index is 1.24. The summed E-state index contributed by atoms with van der Waals surface area (Å²) in [5.74, 6) is 0. The normalized spacial score (nSPS) is 11.8. The first-order valence-corrected chi connectivity index (χ1v) is 18.8. The Bertz CT molecular complexity index is 3180. The molecule has 0 bridgehead atoms. The Morgan fingerprint density at radius 1 is 0.340 bits per heavy atom. The quantitative estimate of drug-likeness (QED) is 0.178. The minimum Gasteiger partial charge on any atom is -0.453 e. The highest BCUT2D eigenvalue weighted by Crippen LogP contribution is 2.50. The first-order chi connectivity index (χ1) is 26.3. The number of fused-ring (bicyclic) bond motifs is 8.